The molecular weight excluding hydrogens is 196 g/mol. The van der Waals surface area contributed by atoms with Crippen molar-refractivity contribution in [1.29, 1.82) is 0 Å². The van der Waals surface area contributed by atoms with Crippen molar-refractivity contribution in [3.8, 4) is 0 Å². The summed E-state index contributed by atoms with van der Waals surface area (Å²) in [5.41, 5.74) is 0. The summed E-state index contributed by atoms with van der Waals surface area (Å²) >= 11 is 0. The highest BCUT2D eigenvalue weighted by Gasteiger charge is 2.24. The Balaban J connectivity index is 2.31. The molecule has 1 saturated carbocycles. The van der Waals surface area contributed by atoms with Crippen molar-refractivity contribution in [3.05, 3.63) is 0 Å². The SMILES string of the molecule is CCCCN(C)CC(NCC)C1CCCC1. The van der Waals surface area contributed by atoms with Gasteiger partial charge in [0.2, 0.25) is 0 Å². The van der Waals surface area contributed by atoms with Crippen LogP contribution in [-0.2, 0) is 0 Å². The van der Waals surface area contributed by atoms with Crippen LogP contribution in [0.15, 0.2) is 0 Å². The van der Waals surface area contributed by atoms with Gasteiger partial charge in [-0.2, -0.15) is 0 Å². The molecule has 0 spiro atoms. The van der Waals surface area contributed by atoms with Gasteiger partial charge in [0.15, 0.2) is 0 Å². The van der Waals surface area contributed by atoms with Gasteiger partial charge in [0.05, 0.1) is 0 Å². The normalized spacial score (nSPS) is 19.5. The zero-order valence-electron chi connectivity index (χ0n) is 11.5. The maximum absolute atomic E-state index is 3.69. The summed E-state index contributed by atoms with van der Waals surface area (Å²) < 4.78 is 0. The average Bonchev–Trinajstić information content (AvgIpc) is 2.79. The van der Waals surface area contributed by atoms with Crippen LogP contribution in [0.4, 0.5) is 0 Å². The number of hydrogen-bond acceptors (Lipinski definition) is 2. The van der Waals surface area contributed by atoms with Crippen LogP contribution in [0.2, 0.25) is 0 Å². The van der Waals surface area contributed by atoms with E-state index >= 15 is 0 Å². The van der Waals surface area contributed by atoms with E-state index in [9.17, 15) is 0 Å². The minimum Gasteiger partial charge on any atom is -0.313 e. The predicted octanol–water partition coefficient (Wildman–Crippen LogP) is 2.89. The van der Waals surface area contributed by atoms with Crippen LogP contribution >= 0.6 is 0 Å². The third-order valence-electron chi connectivity index (χ3n) is 3.84. The van der Waals surface area contributed by atoms with E-state index in [1.807, 2.05) is 0 Å². The first-order valence-electron chi connectivity index (χ1n) is 7.19. The van der Waals surface area contributed by atoms with Crippen LogP contribution in [0.25, 0.3) is 0 Å². The fraction of sp³-hybridized carbons (Fsp3) is 1.00. The zero-order valence-corrected chi connectivity index (χ0v) is 11.5. The van der Waals surface area contributed by atoms with Gasteiger partial charge < -0.3 is 10.2 Å². The van der Waals surface area contributed by atoms with Gasteiger partial charge in [-0.05, 0) is 45.3 Å². The lowest BCUT2D eigenvalue weighted by Crippen LogP contribution is -2.44. The number of hydrogen-bond donors (Lipinski definition) is 1. The van der Waals surface area contributed by atoms with E-state index in [2.05, 4.69) is 31.1 Å². The summed E-state index contributed by atoms with van der Waals surface area (Å²) in [7, 11) is 2.27. The van der Waals surface area contributed by atoms with Gasteiger partial charge in [-0.3, -0.25) is 0 Å². The van der Waals surface area contributed by atoms with E-state index in [4.69, 9.17) is 0 Å². The second kappa shape index (κ2) is 8.08. The van der Waals surface area contributed by atoms with Crippen molar-refractivity contribution < 1.29 is 0 Å². The largest absolute Gasteiger partial charge is 0.313 e. The standard InChI is InChI=1S/C14H30N2/c1-4-6-11-16(3)12-14(15-5-2)13-9-7-8-10-13/h13-15H,4-12H2,1-3H3. The Bertz CT molecular complexity index is 164. The highest BCUT2D eigenvalue weighted by molar-refractivity contribution is 4.82. The zero-order chi connectivity index (χ0) is 11.8. The predicted molar refractivity (Wildman–Crippen MR) is 71.8 cm³/mol. The minimum atomic E-state index is 0.731. The number of unbranched alkanes of at least 4 members (excludes halogenated alkanes) is 1. The van der Waals surface area contributed by atoms with E-state index < -0.39 is 0 Å². The van der Waals surface area contributed by atoms with Crippen LogP contribution in [0.3, 0.4) is 0 Å². The van der Waals surface area contributed by atoms with Gasteiger partial charge in [-0.15, -0.1) is 0 Å². The quantitative estimate of drug-likeness (QED) is 0.684. The monoisotopic (exact) mass is 226 g/mol. The number of nitrogens with zero attached hydrogens (tertiary/aromatic N) is 1. The van der Waals surface area contributed by atoms with Crippen LogP contribution in [0, 0.1) is 5.92 Å². The number of likely N-dealkylation sites (N-methyl/N-ethyl adjacent to an activating group) is 2. The lowest BCUT2D eigenvalue weighted by molar-refractivity contribution is 0.240. The molecule has 96 valence electrons. The molecule has 1 rings (SSSR count). The molecular formula is C14H30N2. The molecule has 16 heavy (non-hydrogen) atoms. The van der Waals surface area contributed by atoms with Gasteiger partial charge in [0, 0.05) is 12.6 Å². The van der Waals surface area contributed by atoms with Gasteiger partial charge in [-0.25, -0.2) is 0 Å². The first kappa shape index (κ1) is 14.0. The first-order valence-corrected chi connectivity index (χ1v) is 7.19. The van der Waals surface area contributed by atoms with Crippen molar-refractivity contribution >= 4 is 0 Å². The molecule has 0 aromatic heterocycles. The smallest absolute Gasteiger partial charge is 0.0222 e. The van der Waals surface area contributed by atoms with Crippen molar-refractivity contribution in [2.75, 3.05) is 26.7 Å². The minimum absolute atomic E-state index is 0.731. The molecule has 1 fully saturated rings. The van der Waals surface area contributed by atoms with Crippen molar-refractivity contribution in [3.63, 3.8) is 0 Å². The second-order valence-corrected chi connectivity index (χ2v) is 5.32. The molecule has 2 heteroatoms. The van der Waals surface area contributed by atoms with Gasteiger partial charge in [0.1, 0.15) is 0 Å². The molecule has 0 radical (unpaired) electrons. The number of rotatable bonds is 8. The molecule has 0 aliphatic heterocycles. The Labute approximate surface area is 102 Å². The molecule has 0 aromatic carbocycles. The molecule has 0 saturated heterocycles. The summed E-state index contributed by atoms with van der Waals surface area (Å²) in [4.78, 5) is 2.51. The van der Waals surface area contributed by atoms with Crippen molar-refractivity contribution in [2.24, 2.45) is 5.92 Å². The fourth-order valence-electron chi connectivity index (χ4n) is 2.86. The third kappa shape index (κ3) is 4.84. The number of nitrogens with one attached hydrogen (secondary N) is 1. The first-order chi connectivity index (χ1) is 7.77. The topological polar surface area (TPSA) is 15.3 Å². The van der Waals surface area contributed by atoms with Crippen LogP contribution in [0.1, 0.15) is 52.4 Å². The van der Waals surface area contributed by atoms with E-state index in [1.165, 1.54) is 51.6 Å². The molecule has 1 N–H and O–H groups in total. The third-order valence-corrected chi connectivity index (χ3v) is 3.84. The van der Waals surface area contributed by atoms with E-state index in [1.54, 1.807) is 0 Å². The summed E-state index contributed by atoms with van der Waals surface area (Å²) in [6.45, 7) is 8.10. The van der Waals surface area contributed by atoms with E-state index in [0.717, 1.165) is 18.5 Å². The Morgan fingerprint density at radius 3 is 2.50 bits per heavy atom. The highest BCUT2D eigenvalue weighted by atomic mass is 15.1. The lowest BCUT2D eigenvalue weighted by Gasteiger charge is -2.29. The van der Waals surface area contributed by atoms with Crippen LogP contribution in [0.5, 0.6) is 0 Å². The van der Waals surface area contributed by atoms with Gasteiger partial charge in [-0.1, -0.05) is 33.1 Å². The Morgan fingerprint density at radius 1 is 1.25 bits per heavy atom. The van der Waals surface area contributed by atoms with Crippen molar-refractivity contribution in [1.82, 2.24) is 10.2 Å². The Morgan fingerprint density at radius 2 is 1.94 bits per heavy atom. The molecule has 1 unspecified atom stereocenters. The molecule has 1 atom stereocenters. The van der Waals surface area contributed by atoms with Gasteiger partial charge >= 0.3 is 0 Å². The van der Waals surface area contributed by atoms with Crippen LogP contribution in [-0.4, -0.2) is 37.6 Å². The van der Waals surface area contributed by atoms with Gasteiger partial charge in [0.25, 0.3) is 0 Å². The molecule has 1 aliphatic rings. The molecule has 0 bridgehead atoms. The summed E-state index contributed by atoms with van der Waals surface area (Å²) in [5.74, 6) is 0.934. The Hall–Kier alpha value is -0.0800. The fourth-order valence-corrected chi connectivity index (χ4v) is 2.86. The molecule has 2 nitrogen and oxygen atoms in total. The van der Waals surface area contributed by atoms with Crippen LogP contribution < -0.4 is 5.32 Å². The second-order valence-electron chi connectivity index (χ2n) is 5.32. The van der Waals surface area contributed by atoms with E-state index in [0.29, 0.717) is 0 Å². The maximum atomic E-state index is 3.69. The lowest BCUT2D eigenvalue weighted by atomic mass is 9.97. The maximum Gasteiger partial charge on any atom is 0.0222 e. The highest BCUT2D eigenvalue weighted by Crippen LogP contribution is 2.28. The summed E-state index contributed by atoms with van der Waals surface area (Å²) in [5, 5.41) is 3.69. The van der Waals surface area contributed by atoms with Crippen molar-refractivity contribution in [2.45, 2.75) is 58.4 Å². The molecule has 0 heterocycles. The molecule has 1 aliphatic carbocycles. The average molecular weight is 226 g/mol. The summed E-state index contributed by atoms with van der Waals surface area (Å²) in [6, 6.07) is 0.731. The summed E-state index contributed by atoms with van der Waals surface area (Å²) in [6.07, 6.45) is 8.43. The molecule has 0 amide bonds. The van der Waals surface area contributed by atoms with E-state index in [-0.39, 0.29) is 0 Å². The Kier molecular flexibility index (Phi) is 7.06. The molecule has 0 aromatic rings.